The Morgan fingerprint density at radius 3 is 2.65 bits per heavy atom. The third-order valence-corrected chi connectivity index (χ3v) is 5.56. The van der Waals surface area contributed by atoms with Gasteiger partial charge in [-0.15, -0.1) is 11.3 Å². The topological polar surface area (TPSA) is 69.6 Å². The van der Waals surface area contributed by atoms with Crippen LogP contribution in [0.4, 0.5) is 11.4 Å². The number of hydrogen-bond donors (Lipinski definition) is 2. The first-order chi connectivity index (χ1) is 9.42. The molecule has 2 aromatic rings. The fraction of sp³-hybridized carbons (Fsp3) is 0.231. The van der Waals surface area contributed by atoms with Gasteiger partial charge in [-0.1, -0.05) is 6.07 Å². The molecule has 20 heavy (non-hydrogen) atoms. The summed E-state index contributed by atoms with van der Waals surface area (Å²) in [5.41, 5.74) is 2.01. The van der Waals surface area contributed by atoms with Crippen LogP contribution in [0.15, 0.2) is 39.9 Å². The van der Waals surface area contributed by atoms with Crippen molar-refractivity contribution in [3.05, 3.63) is 41.3 Å². The maximum atomic E-state index is 12.2. The summed E-state index contributed by atoms with van der Waals surface area (Å²) in [4.78, 5) is 1.90. The van der Waals surface area contributed by atoms with Crippen molar-refractivity contribution in [2.24, 2.45) is 0 Å². The molecule has 0 aliphatic heterocycles. The van der Waals surface area contributed by atoms with Gasteiger partial charge in [-0.2, -0.15) is 0 Å². The van der Waals surface area contributed by atoms with E-state index in [1.54, 1.807) is 23.6 Å². The molecule has 2 N–H and O–H groups in total. The number of aliphatic hydroxyl groups excluding tert-OH is 1. The van der Waals surface area contributed by atoms with Gasteiger partial charge in [-0.05, 0) is 35.2 Å². The average molecular weight is 312 g/mol. The maximum absolute atomic E-state index is 12.2. The molecule has 108 valence electrons. The third kappa shape index (κ3) is 3.30. The van der Waals surface area contributed by atoms with Crippen molar-refractivity contribution in [1.29, 1.82) is 0 Å². The lowest BCUT2D eigenvalue weighted by Gasteiger charge is -2.14. The summed E-state index contributed by atoms with van der Waals surface area (Å²) in [7, 11) is 0.172. The fourth-order valence-corrected chi connectivity index (χ4v) is 3.88. The van der Waals surface area contributed by atoms with E-state index in [0.717, 1.165) is 17.0 Å². The highest BCUT2D eigenvalue weighted by Crippen LogP contribution is 2.24. The van der Waals surface area contributed by atoms with Gasteiger partial charge >= 0.3 is 0 Å². The molecule has 0 atom stereocenters. The molecule has 1 aromatic carbocycles. The zero-order valence-electron chi connectivity index (χ0n) is 11.2. The number of aliphatic hydroxyl groups is 1. The fourth-order valence-electron chi connectivity index (χ4n) is 1.63. The van der Waals surface area contributed by atoms with Crippen molar-refractivity contribution < 1.29 is 13.5 Å². The van der Waals surface area contributed by atoms with Crippen LogP contribution < -0.4 is 9.62 Å². The van der Waals surface area contributed by atoms with E-state index in [1.807, 2.05) is 25.1 Å². The lowest BCUT2D eigenvalue weighted by molar-refractivity contribution is 0.282. The summed E-state index contributed by atoms with van der Waals surface area (Å²) in [5, 5.41) is 10.6. The van der Waals surface area contributed by atoms with Crippen LogP contribution in [0, 0.1) is 0 Å². The zero-order valence-corrected chi connectivity index (χ0v) is 12.8. The van der Waals surface area contributed by atoms with E-state index in [0.29, 0.717) is 11.3 Å². The second-order valence-electron chi connectivity index (χ2n) is 4.48. The predicted molar refractivity (Wildman–Crippen MR) is 81.8 cm³/mol. The van der Waals surface area contributed by atoms with Crippen LogP contribution in [0.1, 0.15) is 5.56 Å². The highest BCUT2D eigenvalue weighted by Gasteiger charge is 2.17. The van der Waals surface area contributed by atoms with Crippen LogP contribution in [-0.4, -0.2) is 27.6 Å². The van der Waals surface area contributed by atoms with Gasteiger partial charge in [0.05, 0.1) is 12.3 Å². The normalized spacial score (nSPS) is 11.3. The number of thiophene rings is 1. The summed E-state index contributed by atoms with van der Waals surface area (Å²) >= 11 is 1.09. The minimum absolute atomic E-state index is 0.165. The van der Waals surface area contributed by atoms with Crippen LogP contribution >= 0.6 is 11.3 Å². The Hall–Kier alpha value is -1.57. The number of hydrogen-bond acceptors (Lipinski definition) is 5. The molecule has 0 spiro atoms. The van der Waals surface area contributed by atoms with E-state index in [2.05, 4.69) is 4.72 Å². The van der Waals surface area contributed by atoms with E-state index < -0.39 is 10.0 Å². The Labute approximate surface area is 122 Å². The molecule has 0 radical (unpaired) electrons. The Morgan fingerprint density at radius 1 is 1.30 bits per heavy atom. The number of anilines is 2. The second kappa shape index (κ2) is 5.82. The van der Waals surface area contributed by atoms with Crippen molar-refractivity contribution in [3.63, 3.8) is 0 Å². The Morgan fingerprint density at radius 2 is 2.05 bits per heavy atom. The van der Waals surface area contributed by atoms with Crippen LogP contribution in [0.3, 0.4) is 0 Å². The predicted octanol–water partition coefficient (Wildman–Crippen LogP) is 2.11. The highest BCUT2D eigenvalue weighted by molar-refractivity contribution is 7.94. The molecule has 7 heteroatoms. The van der Waals surface area contributed by atoms with Gasteiger partial charge in [0.2, 0.25) is 0 Å². The number of nitrogens with one attached hydrogen (secondary N) is 1. The quantitative estimate of drug-likeness (QED) is 0.887. The Balaban J connectivity index is 2.26. The van der Waals surface area contributed by atoms with Gasteiger partial charge in [-0.3, -0.25) is 4.72 Å². The first-order valence-electron chi connectivity index (χ1n) is 5.91. The molecule has 5 nitrogen and oxygen atoms in total. The van der Waals surface area contributed by atoms with E-state index in [1.165, 1.54) is 6.07 Å². The lowest BCUT2D eigenvalue weighted by atomic mass is 10.3. The molecule has 1 aromatic heterocycles. The van der Waals surface area contributed by atoms with Crippen LogP contribution in [0.5, 0.6) is 0 Å². The molecule has 0 saturated heterocycles. The third-order valence-electron chi connectivity index (χ3n) is 2.69. The van der Waals surface area contributed by atoms with Crippen molar-refractivity contribution in [2.75, 3.05) is 23.7 Å². The molecule has 0 unspecified atom stereocenters. The first-order valence-corrected chi connectivity index (χ1v) is 8.27. The van der Waals surface area contributed by atoms with Gasteiger partial charge < -0.3 is 10.0 Å². The number of nitrogens with zero attached hydrogens (tertiary/aromatic N) is 1. The SMILES string of the molecule is CN(C)c1cccc(NS(=O)(=O)c2cc(CO)cs2)c1. The number of benzene rings is 1. The van der Waals surface area contributed by atoms with Crippen LogP contribution in [0.2, 0.25) is 0 Å². The first kappa shape index (κ1) is 14.8. The van der Waals surface area contributed by atoms with Crippen molar-refractivity contribution in [2.45, 2.75) is 10.8 Å². The van der Waals surface area contributed by atoms with Gasteiger partial charge in [-0.25, -0.2) is 8.42 Å². The zero-order chi connectivity index (χ0) is 14.8. The van der Waals surface area contributed by atoms with Crippen molar-refractivity contribution in [1.82, 2.24) is 0 Å². The van der Waals surface area contributed by atoms with Gasteiger partial charge in [0.1, 0.15) is 4.21 Å². The maximum Gasteiger partial charge on any atom is 0.271 e. The molecule has 0 fully saturated rings. The van der Waals surface area contributed by atoms with Gasteiger partial charge in [0.25, 0.3) is 10.0 Å². The summed E-state index contributed by atoms with van der Waals surface area (Å²) in [6.07, 6.45) is 0. The summed E-state index contributed by atoms with van der Waals surface area (Å²) in [5.74, 6) is 0. The lowest BCUT2D eigenvalue weighted by Crippen LogP contribution is -2.13. The molecule has 0 aliphatic carbocycles. The molecule has 1 heterocycles. The second-order valence-corrected chi connectivity index (χ2v) is 7.30. The summed E-state index contributed by atoms with van der Waals surface area (Å²) < 4.78 is 27.2. The van der Waals surface area contributed by atoms with Crippen LogP contribution in [-0.2, 0) is 16.6 Å². The summed E-state index contributed by atoms with van der Waals surface area (Å²) in [6, 6.07) is 8.62. The molecule has 0 bridgehead atoms. The van der Waals surface area contributed by atoms with Crippen molar-refractivity contribution in [3.8, 4) is 0 Å². The standard InChI is InChI=1S/C13H16N2O3S2/c1-15(2)12-5-3-4-11(7-12)14-20(17,18)13-6-10(8-16)9-19-13/h3-7,9,14,16H,8H2,1-2H3. The van der Waals surface area contributed by atoms with E-state index >= 15 is 0 Å². The van der Waals surface area contributed by atoms with E-state index in [4.69, 9.17) is 5.11 Å². The molecule has 0 saturated carbocycles. The Bertz CT molecular complexity index is 693. The summed E-state index contributed by atoms with van der Waals surface area (Å²) in [6.45, 7) is -0.165. The number of rotatable bonds is 5. The van der Waals surface area contributed by atoms with Crippen LogP contribution in [0.25, 0.3) is 0 Å². The van der Waals surface area contributed by atoms with Gasteiger partial charge in [0, 0.05) is 19.8 Å². The smallest absolute Gasteiger partial charge is 0.271 e. The molecule has 0 aliphatic rings. The average Bonchev–Trinajstić information content (AvgIpc) is 2.88. The molecule has 0 amide bonds. The molecule has 2 rings (SSSR count). The monoisotopic (exact) mass is 312 g/mol. The highest BCUT2D eigenvalue weighted by atomic mass is 32.2. The van der Waals surface area contributed by atoms with E-state index in [-0.39, 0.29) is 10.8 Å². The minimum atomic E-state index is -3.61. The van der Waals surface area contributed by atoms with E-state index in [9.17, 15) is 8.42 Å². The number of sulfonamides is 1. The minimum Gasteiger partial charge on any atom is -0.392 e. The van der Waals surface area contributed by atoms with Crippen molar-refractivity contribution >= 4 is 32.7 Å². The molecular weight excluding hydrogens is 296 g/mol. The molecular formula is C13H16N2O3S2. The largest absolute Gasteiger partial charge is 0.392 e. The Kier molecular flexibility index (Phi) is 4.32. The van der Waals surface area contributed by atoms with Gasteiger partial charge in [0.15, 0.2) is 0 Å².